The zero-order valence-corrected chi connectivity index (χ0v) is 17.5. The number of Topliss-reactive ketones (excluding diaryl/α,β-unsaturated/α-hetero) is 1. The fourth-order valence-corrected chi connectivity index (χ4v) is 4.72. The van der Waals surface area contributed by atoms with E-state index in [4.69, 9.17) is 4.74 Å². The van der Waals surface area contributed by atoms with Crippen LogP contribution < -0.4 is 5.32 Å². The summed E-state index contributed by atoms with van der Waals surface area (Å²) in [7, 11) is 2.51. The molecule has 28 heavy (non-hydrogen) atoms. The molecule has 0 saturated heterocycles. The van der Waals surface area contributed by atoms with E-state index >= 15 is 0 Å². The van der Waals surface area contributed by atoms with E-state index in [0.29, 0.717) is 5.75 Å². The highest BCUT2D eigenvalue weighted by atomic mass is 33.1. The third-order valence-corrected chi connectivity index (χ3v) is 6.07. The Bertz CT molecular complexity index is 668. The first-order valence-corrected chi connectivity index (χ1v) is 11.3. The molecule has 0 aliphatic carbocycles. The average molecular weight is 428 g/mol. The summed E-state index contributed by atoms with van der Waals surface area (Å²) >= 11 is 0. The van der Waals surface area contributed by atoms with Gasteiger partial charge < -0.3 is 20.0 Å². The van der Waals surface area contributed by atoms with Gasteiger partial charge in [-0.05, 0) is 19.4 Å². The Kier molecular flexibility index (Phi) is 11.4. The monoisotopic (exact) mass is 427 g/mol. The molecule has 0 aromatic heterocycles. The molecule has 1 amide bonds. The smallest absolute Gasteiger partial charge is 0.327 e. The van der Waals surface area contributed by atoms with Crippen molar-refractivity contribution in [1.82, 2.24) is 5.32 Å². The van der Waals surface area contributed by atoms with Gasteiger partial charge in [-0.25, -0.2) is 4.79 Å². The van der Waals surface area contributed by atoms with Gasteiger partial charge in [0, 0.05) is 17.9 Å². The number of carbonyl (C=O) groups excluding carboxylic acids is 3. The van der Waals surface area contributed by atoms with Crippen LogP contribution in [0.1, 0.15) is 25.8 Å². The van der Waals surface area contributed by atoms with Crippen molar-refractivity contribution in [2.24, 2.45) is 5.92 Å². The number of amides is 1. The molecule has 2 atom stereocenters. The van der Waals surface area contributed by atoms with E-state index in [0.717, 1.165) is 5.56 Å². The lowest BCUT2D eigenvalue weighted by Gasteiger charge is -2.16. The van der Waals surface area contributed by atoms with E-state index in [1.807, 2.05) is 18.2 Å². The molecule has 0 saturated carbocycles. The van der Waals surface area contributed by atoms with Gasteiger partial charge in [-0.3, -0.25) is 9.59 Å². The predicted molar refractivity (Wildman–Crippen MR) is 110 cm³/mol. The van der Waals surface area contributed by atoms with Crippen molar-refractivity contribution < 1.29 is 29.0 Å². The molecule has 1 rings (SSSR count). The summed E-state index contributed by atoms with van der Waals surface area (Å²) in [5, 5.41) is 11.8. The Labute approximate surface area is 172 Å². The Balaban J connectivity index is 2.47. The molecule has 9 heteroatoms. The molecular formula is C19H25NO6S2. The Morgan fingerprint density at radius 2 is 1.75 bits per heavy atom. The Morgan fingerprint density at radius 1 is 1.11 bits per heavy atom. The van der Waals surface area contributed by atoms with Crippen LogP contribution in [-0.4, -0.2) is 52.9 Å². The molecular weight excluding hydrogens is 402 g/mol. The van der Waals surface area contributed by atoms with E-state index in [1.165, 1.54) is 28.5 Å². The summed E-state index contributed by atoms with van der Waals surface area (Å²) in [6.07, 6.45) is 0.189. The van der Waals surface area contributed by atoms with Crippen molar-refractivity contribution in [3.8, 4) is 0 Å². The second-order valence-electron chi connectivity index (χ2n) is 6.04. The minimum Gasteiger partial charge on any atom is -0.480 e. The van der Waals surface area contributed by atoms with Crippen molar-refractivity contribution in [3.05, 3.63) is 35.9 Å². The number of ketones is 1. The van der Waals surface area contributed by atoms with Gasteiger partial charge in [0.25, 0.3) is 0 Å². The van der Waals surface area contributed by atoms with Crippen LogP contribution in [0.25, 0.3) is 0 Å². The van der Waals surface area contributed by atoms with E-state index in [2.05, 4.69) is 5.32 Å². The minimum atomic E-state index is -1.12. The van der Waals surface area contributed by atoms with Gasteiger partial charge in [0.1, 0.15) is 11.8 Å². The van der Waals surface area contributed by atoms with Crippen molar-refractivity contribution in [2.75, 3.05) is 18.1 Å². The first-order valence-electron chi connectivity index (χ1n) is 8.80. The van der Waals surface area contributed by atoms with Crippen LogP contribution in [0.2, 0.25) is 0 Å². The van der Waals surface area contributed by atoms with Crippen molar-refractivity contribution in [3.63, 3.8) is 0 Å². The van der Waals surface area contributed by atoms with Crippen molar-refractivity contribution >= 4 is 45.2 Å². The Morgan fingerprint density at radius 3 is 2.32 bits per heavy atom. The molecule has 0 bridgehead atoms. The summed E-state index contributed by atoms with van der Waals surface area (Å²) in [5.41, 5.74) is 0.799. The van der Waals surface area contributed by atoms with Crippen LogP contribution in [-0.2, 0) is 30.3 Å². The molecule has 7 nitrogen and oxygen atoms in total. The van der Waals surface area contributed by atoms with Crippen LogP contribution in [0, 0.1) is 5.92 Å². The quantitative estimate of drug-likeness (QED) is 0.280. The number of hydrogen-bond acceptors (Lipinski definition) is 7. The summed E-state index contributed by atoms with van der Waals surface area (Å²) in [6.45, 7) is 3.34. The van der Waals surface area contributed by atoms with Crippen LogP contribution in [0.5, 0.6) is 0 Å². The number of esters is 1. The number of benzene rings is 1. The SMILES string of the molecule is CCOC(=O)C(CSSCC(NC(=O)Cc1ccccc1)C(=O)O)CC(C)=O. The van der Waals surface area contributed by atoms with E-state index < -0.39 is 23.9 Å². The van der Waals surface area contributed by atoms with Crippen molar-refractivity contribution in [2.45, 2.75) is 32.7 Å². The van der Waals surface area contributed by atoms with Crippen LogP contribution >= 0.6 is 21.6 Å². The largest absolute Gasteiger partial charge is 0.480 e. The lowest BCUT2D eigenvalue weighted by Crippen LogP contribution is -2.43. The first kappa shape index (κ1) is 24.0. The van der Waals surface area contributed by atoms with Gasteiger partial charge in [0.05, 0.1) is 18.9 Å². The number of carboxylic acid groups (broad SMARTS) is 1. The zero-order chi connectivity index (χ0) is 20.9. The van der Waals surface area contributed by atoms with Crippen LogP contribution in [0.15, 0.2) is 30.3 Å². The lowest BCUT2D eigenvalue weighted by atomic mass is 10.1. The van der Waals surface area contributed by atoms with E-state index in [-0.39, 0.29) is 36.9 Å². The third-order valence-electron chi connectivity index (χ3n) is 3.58. The highest BCUT2D eigenvalue weighted by Crippen LogP contribution is 2.27. The number of ether oxygens (including phenoxy) is 1. The second kappa shape index (κ2) is 13.2. The maximum Gasteiger partial charge on any atom is 0.327 e. The van der Waals surface area contributed by atoms with Gasteiger partial charge in [-0.15, -0.1) is 0 Å². The van der Waals surface area contributed by atoms with Gasteiger partial charge >= 0.3 is 11.9 Å². The number of rotatable bonds is 13. The number of carbonyl (C=O) groups is 4. The minimum absolute atomic E-state index is 0.0859. The fourth-order valence-electron chi connectivity index (χ4n) is 2.27. The summed E-state index contributed by atoms with van der Waals surface area (Å²) in [4.78, 5) is 46.7. The topological polar surface area (TPSA) is 110 Å². The molecule has 0 heterocycles. The standard InChI is InChI=1S/C19H25NO6S2/c1-3-26-19(25)15(9-13(2)21)11-27-28-12-16(18(23)24)20-17(22)10-14-7-5-4-6-8-14/h4-8,15-16H,3,9-12H2,1-2H3,(H,20,22)(H,23,24). The maximum absolute atomic E-state index is 12.1. The third kappa shape index (κ3) is 9.80. The normalized spacial score (nSPS) is 12.6. The molecule has 154 valence electrons. The molecule has 2 N–H and O–H groups in total. The summed E-state index contributed by atoms with van der Waals surface area (Å²) in [5.74, 6) is -2.14. The highest BCUT2D eigenvalue weighted by molar-refractivity contribution is 8.76. The van der Waals surface area contributed by atoms with Gasteiger partial charge in [-0.2, -0.15) is 0 Å². The molecule has 0 aliphatic heterocycles. The molecule has 0 aliphatic rings. The van der Waals surface area contributed by atoms with Gasteiger partial charge in [0.2, 0.25) is 5.91 Å². The molecule has 2 unspecified atom stereocenters. The average Bonchev–Trinajstić information content (AvgIpc) is 2.63. The van der Waals surface area contributed by atoms with Gasteiger partial charge in [0.15, 0.2) is 0 Å². The number of nitrogens with one attached hydrogen (secondary N) is 1. The maximum atomic E-state index is 12.1. The molecule has 0 fully saturated rings. The van der Waals surface area contributed by atoms with E-state index in [9.17, 15) is 24.3 Å². The molecule has 0 spiro atoms. The van der Waals surface area contributed by atoms with E-state index in [1.54, 1.807) is 19.1 Å². The predicted octanol–water partition coefficient (Wildman–Crippen LogP) is 2.34. The number of aliphatic carboxylic acids is 1. The summed E-state index contributed by atoms with van der Waals surface area (Å²) in [6, 6.07) is 8.01. The van der Waals surface area contributed by atoms with Crippen LogP contribution in [0.3, 0.4) is 0 Å². The molecule has 1 aromatic carbocycles. The molecule has 1 aromatic rings. The number of carboxylic acids is 1. The van der Waals surface area contributed by atoms with Crippen LogP contribution in [0.4, 0.5) is 0 Å². The lowest BCUT2D eigenvalue weighted by molar-refractivity contribution is -0.148. The number of hydrogen-bond donors (Lipinski definition) is 2. The zero-order valence-electron chi connectivity index (χ0n) is 15.9. The highest BCUT2D eigenvalue weighted by Gasteiger charge is 2.24. The summed E-state index contributed by atoms with van der Waals surface area (Å²) < 4.78 is 4.97. The second-order valence-corrected chi connectivity index (χ2v) is 8.60. The van der Waals surface area contributed by atoms with Gasteiger partial charge in [-0.1, -0.05) is 51.9 Å². The molecule has 0 radical (unpaired) electrons. The fraction of sp³-hybridized carbons (Fsp3) is 0.474. The first-order chi connectivity index (χ1) is 13.3. The Hall–Kier alpha value is -2.00. The van der Waals surface area contributed by atoms with Crippen molar-refractivity contribution in [1.29, 1.82) is 0 Å².